The highest BCUT2D eigenvalue weighted by Gasteiger charge is 2.26. The molecule has 0 aliphatic rings. The van der Waals surface area contributed by atoms with Crippen LogP contribution in [0.15, 0.2) is 71.8 Å². The number of nitrogens with one attached hydrogen (secondary N) is 1. The number of pyridine rings is 1. The Morgan fingerprint density at radius 2 is 1.72 bits per heavy atom. The smallest absolute Gasteiger partial charge is 0.328 e. The zero-order valence-corrected chi connectivity index (χ0v) is 16.6. The lowest BCUT2D eigenvalue weighted by molar-refractivity contribution is -0.142. The van der Waals surface area contributed by atoms with Crippen LogP contribution in [0.2, 0.25) is 0 Å². The van der Waals surface area contributed by atoms with Crippen LogP contribution in [-0.4, -0.2) is 44.2 Å². The van der Waals surface area contributed by atoms with Crippen LogP contribution in [0, 0.1) is 0 Å². The number of amides is 1. The minimum atomic E-state index is -3.60. The molecule has 1 aromatic heterocycles. The molecule has 3 rings (SSSR count). The molecule has 0 aliphatic heterocycles. The number of nitrogens with zero attached hydrogens (tertiary/aromatic N) is 1. The minimum Gasteiger partial charge on any atom is -0.467 e. The van der Waals surface area contributed by atoms with Crippen molar-refractivity contribution in [2.45, 2.75) is 17.4 Å². The normalized spacial score (nSPS) is 12.3. The Bertz CT molecular complexity index is 1120. The van der Waals surface area contributed by atoms with Gasteiger partial charge in [-0.1, -0.05) is 36.4 Å². The summed E-state index contributed by atoms with van der Waals surface area (Å²) in [4.78, 5) is 29.3. The zero-order chi connectivity index (χ0) is 20.9. The van der Waals surface area contributed by atoms with Crippen LogP contribution in [-0.2, 0) is 19.4 Å². The maximum Gasteiger partial charge on any atom is 0.328 e. The van der Waals surface area contributed by atoms with E-state index in [2.05, 4.69) is 10.3 Å². The second kappa shape index (κ2) is 8.83. The summed E-state index contributed by atoms with van der Waals surface area (Å²) >= 11 is 0. The van der Waals surface area contributed by atoms with Crippen molar-refractivity contribution in [3.8, 4) is 0 Å². The third kappa shape index (κ3) is 4.78. The van der Waals surface area contributed by atoms with Gasteiger partial charge < -0.3 is 10.1 Å². The average Bonchev–Trinajstić information content (AvgIpc) is 2.76. The number of para-hydroxylation sites is 1. The number of sulfone groups is 1. The van der Waals surface area contributed by atoms with Crippen LogP contribution in [0.3, 0.4) is 0 Å². The first-order chi connectivity index (χ1) is 13.9. The second-order valence-electron chi connectivity index (χ2n) is 6.35. The summed E-state index contributed by atoms with van der Waals surface area (Å²) in [6, 6.07) is 15.5. The number of benzene rings is 2. The first-order valence-electron chi connectivity index (χ1n) is 8.92. The Morgan fingerprint density at radius 3 is 2.45 bits per heavy atom. The van der Waals surface area contributed by atoms with Crippen molar-refractivity contribution in [1.82, 2.24) is 10.3 Å². The predicted molar refractivity (Wildman–Crippen MR) is 108 cm³/mol. The van der Waals surface area contributed by atoms with Gasteiger partial charge >= 0.3 is 5.97 Å². The Morgan fingerprint density at radius 1 is 1.03 bits per heavy atom. The summed E-state index contributed by atoms with van der Waals surface area (Å²) in [5.41, 5.74) is 0.983. The lowest BCUT2D eigenvalue weighted by atomic mass is 10.1. The highest BCUT2D eigenvalue weighted by Crippen LogP contribution is 2.17. The number of ether oxygens (including phenoxy) is 1. The van der Waals surface area contributed by atoms with E-state index >= 15 is 0 Å². The fourth-order valence-electron chi connectivity index (χ4n) is 2.94. The summed E-state index contributed by atoms with van der Waals surface area (Å²) < 4.78 is 29.8. The maximum absolute atomic E-state index is 12.8. The molecular formula is C21H20N2O5S. The third-order valence-electron chi connectivity index (χ3n) is 4.46. The van der Waals surface area contributed by atoms with E-state index in [0.29, 0.717) is 16.5 Å². The molecule has 0 saturated heterocycles. The van der Waals surface area contributed by atoms with E-state index in [0.717, 1.165) is 0 Å². The molecule has 0 spiro atoms. The number of methoxy groups -OCH3 is 1. The Kier molecular flexibility index (Phi) is 6.23. The van der Waals surface area contributed by atoms with Crippen LogP contribution in [0.4, 0.5) is 0 Å². The molecule has 8 heteroatoms. The molecule has 2 aromatic carbocycles. The Hall–Kier alpha value is -3.26. The molecule has 0 aliphatic carbocycles. The molecule has 1 heterocycles. The Labute approximate surface area is 168 Å². The number of esters is 1. The zero-order valence-electron chi connectivity index (χ0n) is 15.7. The number of carbonyl (C=O) groups is 2. The van der Waals surface area contributed by atoms with Gasteiger partial charge in [-0.2, -0.15) is 0 Å². The van der Waals surface area contributed by atoms with Crippen LogP contribution >= 0.6 is 0 Å². The van der Waals surface area contributed by atoms with Crippen molar-refractivity contribution in [3.63, 3.8) is 0 Å². The van der Waals surface area contributed by atoms with Crippen molar-refractivity contribution >= 4 is 32.6 Å². The van der Waals surface area contributed by atoms with Gasteiger partial charge in [-0.3, -0.25) is 9.78 Å². The minimum absolute atomic E-state index is 0.112. The topological polar surface area (TPSA) is 102 Å². The van der Waals surface area contributed by atoms with Gasteiger partial charge in [0, 0.05) is 11.6 Å². The highest BCUT2D eigenvalue weighted by molar-refractivity contribution is 7.91. The molecule has 0 saturated carbocycles. The van der Waals surface area contributed by atoms with Crippen molar-refractivity contribution in [1.29, 1.82) is 0 Å². The van der Waals surface area contributed by atoms with Gasteiger partial charge in [0.1, 0.15) is 6.04 Å². The van der Waals surface area contributed by atoms with Crippen molar-refractivity contribution in [2.24, 2.45) is 0 Å². The molecule has 7 nitrogen and oxygen atoms in total. The number of rotatable bonds is 7. The molecule has 0 bridgehead atoms. The van der Waals surface area contributed by atoms with Gasteiger partial charge in [0.25, 0.3) is 5.91 Å². The number of hydrogen-bond donors (Lipinski definition) is 1. The van der Waals surface area contributed by atoms with Gasteiger partial charge in [-0.25, -0.2) is 13.2 Å². The largest absolute Gasteiger partial charge is 0.467 e. The summed E-state index contributed by atoms with van der Waals surface area (Å²) in [6.07, 6.45) is 1.39. The number of fused-ring (bicyclic) bond motifs is 1. The van der Waals surface area contributed by atoms with Crippen molar-refractivity contribution < 1.29 is 22.7 Å². The summed E-state index contributed by atoms with van der Waals surface area (Å²) in [5, 5.41) is 3.23. The SMILES string of the molecule is COC(=O)[C@@H](CCS(=O)(=O)c1ccccc1)NC(=O)c1ccnc2ccccc12. The van der Waals surface area contributed by atoms with Crippen molar-refractivity contribution in [2.75, 3.05) is 12.9 Å². The first-order valence-corrected chi connectivity index (χ1v) is 10.6. The molecule has 0 fully saturated rings. The summed E-state index contributed by atoms with van der Waals surface area (Å²) in [6.45, 7) is 0. The number of aromatic nitrogens is 1. The summed E-state index contributed by atoms with van der Waals surface area (Å²) in [5.74, 6) is -1.52. The molecule has 150 valence electrons. The number of hydrogen-bond acceptors (Lipinski definition) is 6. The average molecular weight is 412 g/mol. The van der Waals surface area contributed by atoms with Crippen LogP contribution in [0.5, 0.6) is 0 Å². The molecule has 0 radical (unpaired) electrons. The second-order valence-corrected chi connectivity index (χ2v) is 8.45. The van der Waals surface area contributed by atoms with E-state index in [-0.39, 0.29) is 17.1 Å². The van der Waals surface area contributed by atoms with Gasteiger partial charge in [0.05, 0.1) is 28.8 Å². The molecule has 1 atom stereocenters. The van der Waals surface area contributed by atoms with Crippen molar-refractivity contribution in [3.05, 3.63) is 72.4 Å². The molecule has 1 amide bonds. The van der Waals surface area contributed by atoms with Gasteiger partial charge in [0.15, 0.2) is 9.84 Å². The highest BCUT2D eigenvalue weighted by atomic mass is 32.2. The van der Waals surface area contributed by atoms with E-state index in [1.165, 1.54) is 25.4 Å². The Balaban J connectivity index is 1.79. The molecule has 1 N–H and O–H groups in total. The standard InChI is InChI=1S/C21H20N2O5S/c1-28-21(25)19(12-14-29(26,27)15-7-3-2-4-8-15)23-20(24)17-11-13-22-18-10-6-5-9-16(17)18/h2-11,13,19H,12,14H2,1H3,(H,23,24)/t19-/m1/s1. The third-order valence-corrected chi connectivity index (χ3v) is 6.23. The van der Waals surface area contributed by atoms with E-state index < -0.39 is 27.8 Å². The molecule has 29 heavy (non-hydrogen) atoms. The molecular weight excluding hydrogens is 392 g/mol. The molecule has 3 aromatic rings. The first kappa shape index (κ1) is 20.5. The summed E-state index contributed by atoms with van der Waals surface area (Å²) in [7, 11) is -2.41. The lowest BCUT2D eigenvalue weighted by Gasteiger charge is -2.17. The van der Waals surface area contributed by atoms with E-state index in [1.54, 1.807) is 42.5 Å². The van der Waals surface area contributed by atoms with Gasteiger partial charge in [-0.15, -0.1) is 0 Å². The monoisotopic (exact) mass is 412 g/mol. The van der Waals surface area contributed by atoms with E-state index in [4.69, 9.17) is 4.74 Å². The molecule has 0 unspecified atom stereocenters. The van der Waals surface area contributed by atoms with Gasteiger partial charge in [0.2, 0.25) is 0 Å². The fraction of sp³-hybridized carbons (Fsp3) is 0.190. The maximum atomic E-state index is 12.8. The van der Waals surface area contributed by atoms with Gasteiger partial charge in [-0.05, 0) is 30.7 Å². The number of carbonyl (C=O) groups excluding carboxylic acids is 2. The lowest BCUT2D eigenvalue weighted by Crippen LogP contribution is -2.42. The van der Waals surface area contributed by atoms with Crippen LogP contribution in [0.1, 0.15) is 16.8 Å². The van der Waals surface area contributed by atoms with Crippen LogP contribution in [0.25, 0.3) is 10.9 Å². The quantitative estimate of drug-likeness (QED) is 0.598. The van der Waals surface area contributed by atoms with E-state index in [1.807, 2.05) is 6.07 Å². The van der Waals surface area contributed by atoms with E-state index in [9.17, 15) is 18.0 Å². The van der Waals surface area contributed by atoms with Crippen LogP contribution < -0.4 is 5.32 Å². The predicted octanol–water partition coefficient (Wildman–Crippen LogP) is 2.37. The fourth-order valence-corrected chi connectivity index (χ4v) is 4.29.